The third-order valence-electron chi connectivity index (χ3n) is 4.54. The number of hydrogen-bond acceptors (Lipinski definition) is 1. The molecular weight excluding hydrogens is 122 g/mol. The Balaban J connectivity index is 2.01. The van der Waals surface area contributed by atoms with Crippen molar-refractivity contribution in [1.29, 1.82) is 0 Å². The second-order valence-corrected chi connectivity index (χ2v) is 4.50. The van der Waals surface area contributed by atoms with Crippen molar-refractivity contribution < 1.29 is 0 Å². The standard InChI is InChI=1S/C9H15N/c1-2-9-4-5-3-6(9)7(9)8(5)10/h5-8H,2-4,10H2,1H3/t5-,6+,7+,8+,9-/m1/s1. The maximum atomic E-state index is 6.07. The fourth-order valence-electron chi connectivity index (χ4n) is 4.06. The van der Waals surface area contributed by atoms with E-state index in [4.69, 9.17) is 5.73 Å². The Morgan fingerprint density at radius 2 is 2.40 bits per heavy atom. The van der Waals surface area contributed by atoms with Gasteiger partial charge in [0.25, 0.3) is 0 Å². The van der Waals surface area contributed by atoms with Crippen molar-refractivity contribution in [3.05, 3.63) is 0 Å². The largest absolute Gasteiger partial charge is 0.327 e. The minimum atomic E-state index is 0.602. The predicted molar refractivity (Wildman–Crippen MR) is 40.4 cm³/mol. The Kier molecular flexibility index (Phi) is 0.722. The lowest BCUT2D eigenvalue weighted by Gasteiger charge is -2.04. The van der Waals surface area contributed by atoms with E-state index in [1.807, 2.05) is 0 Å². The molecule has 4 rings (SSSR count). The van der Waals surface area contributed by atoms with Crippen molar-refractivity contribution in [2.24, 2.45) is 28.9 Å². The van der Waals surface area contributed by atoms with Gasteiger partial charge in [-0.1, -0.05) is 6.92 Å². The van der Waals surface area contributed by atoms with Crippen LogP contribution in [0.25, 0.3) is 0 Å². The first-order valence-electron chi connectivity index (χ1n) is 4.55. The lowest BCUT2D eigenvalue weighted by Crippen LogP contribution is -2.23. The molecule has 0 aromatic rings. The minimum Gasteiger partial charge on any atom is -0.327 e. The van der Waals surface area contributed by atoms with Gasteiger partial charge in [0.15, 0.2) is 0 Å². The number of nitrogens with two attached hydrogens (primary N) is 1. The molecule has 0 amide bonds. The summed E-state index contributed by atoms with van der Waals surface area (Å²) in [7, 11) is 0. The van der Waals surface area contributed by atoms with E-state index in [1.54, 1.807) is 0 Å². The highest BCUT2D eigenvalue weighted by atomic mass is 14.9. The van der Waals surface area contributed by atoms with Crippen LogP contribution in [-0.2, 0) is 0 Å². The molecule has 0 heterocycles. The van der Waals surface area contributed by atoms with Gasteiger partial charge >= 0.3 is 0 Å². The molecule has 0 radical (unpaired) electrons. The van der Waals surface area contributed by atoms with Gasteiger partial charge in [0.2, 0.25) is 0 Å². The van der Waals surface area contributed by atoms with Crippen LogP contribution in [0.15, 0.2) is 0 Å². The normalized spacial score (nSPS) is 69.0. The zero-order chi connectivity index (χ0) is 6.93. The highest BCUT2D eigenvalue weighted by molar-refractivity contribution is 5.26. The first-order chi connectivity index (χ1) is 4.79. The van der Waals surface area contributed by atoms with Gasteiger partial charge in [-0.15, -0.1) is 0 Å². The average molecular weight is 137 g/mol. The first kappa shape index (κ1) is 5.59. The fraction of sp³-hybridized carbons (Fsp3) is 1.00. The Hall–Kier alpha value is -0.0400. The summed E-state index contributed by atoms with van der Waals surface area (Å²) in [5.41, 5.74) is 6.85. The predicted octanol–water partition coefficient (Wildman–Crippen LogP) is 1.38. The molecule has 4 saturated carbocycles. The maximum Gasteiger partial charge on any atom is 0.0104 e. The van der Waals surface area contributed by atoms with E-state index in [-0.39, 0.29) is 0 Å². The summed E-state index contributed by atoms with van der Waals surface area (Å²) in [6.07, 6.45) is 4.34. The van der Waals surface area contributed by atoms with Gasteiger partial charge in [-0.2, -0.15) is 0 Å². The van der Waals surface area contributed by atoms with Crippen LogP contribution in [-0.4, -0.2) is 6.04 Å². The summed E-state index contributed by atoms with van der Waals surface area (Å²) >= 11 is 0. The monoisotopic (exact) mass is 137 g/mol. The van der Waals surface area contributed by atoms with Gasteiger partial charge < -0.3 is 5.73 Å². The molecular formula is C9H15N. The Bertz CT molecular complexity index is 189. The molecule has 0 aliphatic heterocycles. The Morgan fingerprint density at radius 3 is 2.60 bits per heavy atom. The van der Waals surface area contributed by atoms with Gasteiger partial charge in [-0.3, -0.25) is 0 Å². The number of hydrogen-bond donors (Lipinski definition) is 1. The van der Waals surface area contributed by atoms with E-state index < -0.39 is 0 Å². The second kappa shape index (κ2) is 1.29. The summed E-state index contributed by atoms with van der Waals surface area (Å²) in [5.74, 6) is 2.95. The third kappa shape index (κ3) is 0.334. The quantitative estimate of drug-likeness (QED) is 0.580. The summed E-state index contributed by atoms with van der Waals surface area (Å²) in [4.78, 5) is 0. The molecule has 4 aliphatic carbocycles. The van der Waals surface area contributed by atoms with Gasteiger partial charge in [0.1, 0.15) is 0 Å². The summed E-state index contributed by atoms with van der Waals surface area (Å²) in [5, 5.41) is 0. The van der Waals surface area contributed by atoms with Crippen molar-refractivity contribution in [3.63, 3.8) is 0 Å². The van der Waals surface area contributed by atoms with Crippen LogP contribution in [0.5, 0.6) is 0 Å². The van der Waals surface area contributed by atoms with E-state index >= 15 is 0 Å². The Morgan fingerprint density at radius 1 is 1.60 bits per heavy atom. The molecule has 4 aliphatic rings. The smallest absolute Gasteiger partial charge is 0.0104 e. The molecule has 1 heteroatoms. The number of rotatable bonds is 1. The highest BCUT2D eigenvalue weighted by Crippen LogP contribution is 2.79. The van der Waals surface area contributed by atoms with Gasteiger partial charge in [-0.05, 0) is 42.4 Å². The van der Waals surface area contributed by atoms with Crippen LogP contribution in [0.1, 0.15) is 26.2 Å². The van der Waals surface area contributed by atoms with Crippen molar-refractivity contribution in [2.45, 2.75) is 32.2 Å². The maximum absolute atomic E-state index is 6.07. The molecule has 4 bridgehead atoms. The molecule has 56 valence electrons. The first-order valence-corrected chi connectivity index (χ1v) is 4.55. The van der Waals surface area contributed by atoms with Crippen molar-refractivity contribution in [2.75, 3.05) is 0 Å². The van der Waals surface area contributed by atoms with Crippen LogP contribution in [0.2, 0.25) is 0 Å². The molecule has 5 atom stereocenters. The molecule has 0 aromatic carbocycles. The second-order valence-electron chi connectivity index (χ2n) is 4.50. The van der Waals surface area contributed by atoms with E-state index in [1.165, 1.54) is 19.3 Å². The molecule has 0 unspecified atom stereocenters. The van der Waals surface area contributed by atoms with Gasteiger partial charge in [0, 0.05) is 6.04 Å². The topological polar surface area (TPSA) is 26.0 Å². The lowest BCUT2D eigenvalue weighted by atomic mass is 10.0. The van der Waals surface area contributed by atoms with Crippen LogP contribution in [0.3, 0.4) is 0 Å². The molecule has 2 N–H and O–H groups in total. The molecule has 4 fully saturated rings. The molecule has 10 heavy (non-hydrogen) atoms. The van der Waals surface area contributed by atoms with Crippen LogP contribution in [0, 0.1) is 23.2 Å². The summed E-state index contributed by atoms with van der Waals surface area (Å²) in [6, 6.07) is 0.602. The van der Waals surface area contributed by atoms with E-state index in [0.717, 1.165) is 23.2 Å². The summed E-state index contributed by atoms with van der Waals surface area (Å²) < 4.78 is 0. The molecule has 0 spiro atoms. The molecule has 1 nitrogen and oxygen atoms in total. The zero-order valence-electron chi connectivity index (χ0n) is 6.51. The minimum absolute atomic E-state index is 0.602. The zero-order valence-corrected chi connectivity index (χ0v) is 6.51. The highest BCUT2D eigenvalue weighted by Gasteiger charge is 2.76. The van der Waals surface area contributed by atoms with E-state index in [0.29, 0.717) is 6.04 Å². The molecule has 0 saturated heterocycles. The summed E-state index contributed by atoms with van der Waals surface area (Å²) in [6.45, 7) is 2.34. The Labute approximate surface area is 62.0 Å². The fourth-order valence-corrected chi connectivity index (χ4v) is 4.06. The van der Waals surface area contributed by atoms with Gasteiger partial charge in [-0.25, -0.2) is 0 Å². The van der Waals surface area contributed by atoms with Crippen LogP contribution >= 0.6 is 0 Å². The van der Waals surface area contributed by atoms with Crippen molar-refractivity contribution in [3.8, 4) is 0 Å². The lowest BCUT2D eigenvalue weighted by molar-refractivity contribution is 0.463. The van der Waals surface area contributed by atoms with Crippen molar-refractivity contribution >= 4 is 0 Å². The van der Waals surface area contributed by atoms with Crippen LogP contribution < -0.4 is 5.73 Å². The van der Waals surface area contributed by atoms with Crippen LogP contribution in [0.4, 0.5) is 0 Å². The SMILES string of the molecule is CC[C@@]12C[C@H]3C[C@H]1[C@H]2[C@H]3N. The van der Waals surface area contributed by atoms with Crippen molar-refractivity contribution in [1.82, 2.24) is 0 Å². The van der Waals surface area contributed by atoms with Gasteiger partial charge in [0.05, 0.1) is 0 Å². The van der Waals surface area contributed by atoms with E-state index in [2.05, 4.69) is 6.92 Å². The average Bonchev–Trinajstić information content (AvgIpc) is 2.36. The van der Waals surface area contributed by atoms with E-state index in [9.17, 15) is 0 Å². The third-order valence-corrected chi connectivity index (χ3v) is 4.54. The molecule has 0 aromatic heterocycles.